The van der Waals surface area contributed by atoms with Crippen molar-refractivity contribution in [3.05, 3.63) is 64.7 Å². The average molecular weight is 554 g/mol. The van der Waals surface area contributed by atoms with Gasteiger partial charge in [0, 0.05) is 18.5 Å². The second kappa shape index (κ2) is 13.7. The molecule has 40 heavy (non-hydrogen) atoms. The summed E-state index contributed by atoms with van der Waals surface area (Å²) in [6.45, 7) is 17.4. The van der Waals surface area contributed by atoms with E-state index in [1.54, 1.807) is 37.8 Å². The molecule has 0 fully saturated rings. The molecular weight excluding hydrogens is 506 g/mol. The van der Waals surface area contributed by atoms with Crippen molar-refractivity contribution in [1.82, 2.24) is 15.5 Å². The van der Waals surface area contributed by atoms with Crippen molar-refractivity contribution < 1.29 is 24.2 Å². The molecule has 0 heterocycles. The monoisotopic (exact) mass is 553 g/mol. The summed E-state index contributed by atoms with van der Waals surface area (Å²) in [6.07, 6.45) is 1.15. The van der Waals surface area contributed by atoms with Crippen LogP contribution in [-0.2, 0) is 20.7 Å². The van der Waals surface area contributed by atoms with Crippen molar-refractivity contribution in [1.29, 1.82) is 0 Å². The molecule has 8 nitrogen and oxygen atoms in total. The number of carbonyl (C=O) groups excluding carboxylic acids is 3. The number of phenolic OH excluding ortho intramolecular Hbond substituents is 1. The zero-order valence-electron chi connectivity index (χ0n) is 25.6. The normalized spacial score (nSPS) is 13.2. The van der Waals surface area contributed by atoms with Gasteiger partial charge < -0.3 is 25.4 Å². The third kappa shape index (κ3) is 9.88. The topological polar surface area (TPSA) is 108 Å². The fourth-order valence-electron chi connectivity index (χ4n) is 4.60. The van der Waals surface area contributed by atoms with Crippen LogP contribution in [0.1, 0.15) is 89.6 Å². The molecule has 0 saturated carbocycles. The van der Waals surface area contributed by atoms with Crippen molar-refractivity contribution in [2.45, 2.75) is 105 Å². The van der Waals surface area contributed by atoms with Gasteiger partial charge in [-0.3, -0.25) is 9.59 Å². The molecule has 0 spiro atoms. The predicted octanol–water partition coefficient (Wildman–Crippen LogP) is 5.73. The Kier molecular flexibility index (Phi) is 11.2. The predicted molar refractivity (Wildman–Crippen MR) is 158 cm³/mol. The van der Waals surface area contributed by atoms with Gasteiger partial charge in [0.25, 0.3) is 0 Å². The summed E-state index contributed by atoms with van der Waals surface area (Å²) in [6, 6.07) is 10.4. The Bertz CT molecular complexity index is 1140. The summed E-state index contributed by atoms with van der Waals surface area (Å²) in [5.74, 6) is -0.592. The standard InChI is InChI=1S/C32H47N3O5/c1-10-11-16-33-28(37)27(24-18-21(2)17-22(3)19-24)35(31(4,5)6)29(38)26(34-30(39)40-32(7,8)9)20-23-12-14-25(36)15-13-23/h12-15,17-19,26-27,36H,10-11,16,20H2,1-9H3,(H,33,37)(H,34,39). The lowest BCUT2D eigenvalue weighted by atomic mass is 9.92. The zero-order valence-corrected chi connectivity index (χ0v) is 25.6. The molecule has 0 aliphatic carbocycles. The van der Waals surface area contributed by atoms with Crippen molar-refractivity contribution >= 4 is 17.9 Å². The molecular formula is C32H47N3O5. The molecule has 0 aliphatic rings. The highest BCUT2D eigenvalue weighted by molar-refractivity contribution is 5.93. The molecule has 3 amide bonds. The van der Waals surface area contributed by atoms with Gasteiger partial charge in [-0.15, -0.1) is 0 Å². The van der Waals surface area contributed by atoms with Gasteiger partial charge >= 0.3 is 6.09 Å². The Balaban J connectivity index is 2.62. The van der Waals surface area contributed by atoms with Crippen LogP contribution in [0.25, 0.3) is 0 Å². The smallest absolute Gasteiger partial charge is 0.408 e. The SMILES string of the molecule is CCCCNC(=O)C(c1cc(C)cc(C)c1)N(C(=O)C(Cc1ccc(O)cc1)NC(=O)OC(C)(C)C)C(C)(C)C. The molecule has 220 valence electrons. The molecule has 8 heteroatoms. The number of hydrogen-bond donors (Lipinski definition) is 3. The van der Waals surface area contributed by atoms with E-state index in [1.807, 2.05) is 52.8 Å². The Morgan fingerprint density at radius 2 is 1.52 bits per heavy atom. The zero-order chi connectivity index (χ0) is 30.3. The van der Waals surface area contributed by atoms with Crippen LogP contribution in [0.3, 0.4) is 0 Å². The first-order valence-corrected chi connectivity index (χ1v) is 14.0. The van der Waals surface area contributed by atoms with Crippen LogP contribution in [0.2, 0.25) is 0 Å². The third-order valence-corrected chi connectivity index (χ3v) is 6.22. The van der Waals surface area contributed by atoms with Crippen LogP contribution >= 0.6 is 0 Å². The number of rotatable bonds is 10. The van der Waals surface area contributed by atoms with Crippen molar-refractivity contribution in [2.75, 3.05) is 6.54 Å². The van der Waals surface area contributed by atoms with E-state index < -0.39 is 35.2 Å². The van der Waals surface area contributed by atoms with Crippen molar-refractivity contribution in [2.24, 2.45) is 0 Å². The molecule has 2 unspecified atom stereocenters. The number of phenols is 1. The number of alkyl carbamates (subject to hydrolysis) is 1. The second-order valence-corrected chi connectivity index (χ2v) is 12.4. The lowest BCUT2D eigenvalue weighted by Gasteiger charge is -2.43. The summed E-state index contributed by atoms with van der Waals surface area (Å²) >= 11 is 0. The van der Waals surface area contributed by atoms with Gasteiger partial charge in [0.2, 0.25) is 11.8 Å². The highest BCUT2D eigenvalue weighted by atomic mass is 16.6. The number of ether oxygens (including phenoxy) is 1. The first-order valence-electron chi connectivity index (χ1n) is 14.0. The fraction of sp³-hybridized carbons (Fsp3) is 0.531. The van der Waals surface area contributed by atoms with Crippen LogP contribution in [0, 0.1) is 13.8 Å². The van der Waals surface area contributed by atoms with E-state index in [2.05, 4.69) is 17.6 Å². The molecule has 3 N–H and O–H groups in total. The minimum absolute atomic E-state index is 0.0988. The minimum atomic E-state index is -1.03. The Morgan fingerprint density at radius 1 is 0.950 bits per heavy atom. The molecule has 0 saturated heterocycles. The van der Waals surface area contributed by atoms with Crippen LogP contribution in [0.4, 0.5) is 4.79 Å². The van der Waals surface area contributed by atoms with E-state index in [0.717, 1.165) is 29.5 Å². The van der Waals surface area contributed by atoms with Gasteiger partial charge in [-0.2, -0.15) is 0 Å². The summed E-state index contributed by atoms with van der Waals surface area (Å²) < 4.78 is 5.49. The second-order valence-electron chi connectivity index (χ2n) is 12.4. The molecule has 2 rings (SSSR count). The van der Waals surface area contributed by atoms with Crippen molar-refractivity contribution in [3.8, 4) is 5.75 Å². The van der Waals surface area contributed by atoms with Gasteiger partial charge in [-0.25, -0.2) is 4.79 Å². The van der Waals surface area contributed by atoms with E-state index in [0.29, 0.717) is 12.1 Å². The molecule has 0 bridgehead atoms. The lowest BCUT2D eigenvalue weighted by Crippen LogP contribution is -2.59. The number of nitrogens with zero attached hydrogens (tertiary/aromatic N) is 1. The van der Waals surface area contributed by atoms with E-state index in [1.165, 1.54) is 12.1 Å². The van der Waals surface area contributed by atoms with Crippen LogP contribution in [0.5, 0.6) is 5.75 Å². The molecule has 0 aromatic heterocycles. The third-order valence-electron chi connectivity index (χ3n) is 6.22. The summed E-state index contributed by atoms with van der Waals surface area (Å²) in [4.78, 5) is 42.8. The van der Waals surface area contributed by atoms with Gasteiger partial charge in [-0.1, -0.05) is 54.8 Å². The first kappa shape index (κ1) is 32.7. The summed E-state index contributed by atoms with van der Waals surface area (Å²) in [7, 11) is 0. The van der Waals surface area contributed by atoms with Crippen LogP contribution < -0.4 is 10.6 Å². The van der Waals surface area contributed by atoms with Crippen LogP contribution in [-0.4, -0.2) is 51.6 Å². The quantitative estimate of drug-likeness (QED) is 0.326. The van der Waals surface area contributed by atoms with E-state index in [9.17, 15) is 19.5 Å². The number of nitrogens with one attached hydrogen (secondary N) is 2. The number of benzene rings is 2. The minimum Gasteiger partial charge on any atom is -0.508 e. The van der Waals surface area contributed by atoms with E-state index in [4.69, 9.17) is 4.74 Å². The van der Waals surface area contributed by atoms with Gasteiger partial charge in [0.1, 0.15) is 23.4 Å². The summed E-state index contributed by atoms with van der Waals surface area (Å²) in [5, 5.41) is 15.5. The maximum atomic E-state index is 14.5. The fourth-order valence-corrected chi connectivity index (χ4v) is 4.60. The summed E-state index contributed by atoms with van der Waals surface area (Å²) in [5.41, 5.74) is 1.85. The van der Waals surface area contributed by atoms with E-state index in [-0.39, 0.29) is 18.1 Å². The largest absolute Gasteiger partial charge is 0.508 e. The van der Waals surface area contributed by atoms with Gasteiger partial charge in [0.05, 0.1) is 0 Å². The Hall–Kier alpha value is -3.55. The first-order chi connectivity index (χ1) is 18.5. The molecule has 2 aromatic carbocycles. The maximum absolute atomic E-state index is 14.5. The number of unbranched alkanes of at least 4 members (excludes halogenated alkanes) is 1. The van der Waals surface area contributed by atoms with Gasteiger partial charge in [0.15, 0.2) is 0 Å². The van der Waals surface area contributed by atoms with E-state index >= 15 is 0 Å². The molecule has 2 atom stereocenters. The maximum Gasteiger partial charge on any atom is 0.408 e. The van der Waals surface area contributed by atoms with Crippen LogP contribution in [0.15, 0.2) is 42.5 Å². The highest BCUT2D eigenvalue weighted by Crippen LogP contribution is 2.31. The molecule has 0 aliphatic heterocycles. The molecule has 0 radical (unpaired) electrons. The number of aromatic hydroxyl groups is 1. The van der Waals surface area contributed by atoms with Gasteiger partial charge in [-0.05, 0) is 85.1 Å². The Morgan fingerprint density at radius 3 is 2.02 bits per heavy atom. The molecule has 2 aromatic rings. The number of amides is 3. The Labute approximate surface area is 239 Å². The lowest BCUT2D eigenvalue weighted by molar-refractivity contribution is -0.148. The highest BCUT2D eigenvalue weighted by Gasteiger charge is 2.42. The number of aryl methyl sites for hydroxylation is 2. The number of hydrogen-bond acceptors (Lipinski definition) is 5. The number of carbonyl (C=O) groups is 3. The average Bonchev–Trinajstić information content (AvgIpc) is 2.80. The van der Waals surface area contributed by atoms with Crippen molar-refractivity contribution in [3.63, 3.8) is 0 Å².